The number of anilines is 1. The van der Waals surface area contributed by atoms with Crippen LogP contribution in [-0.2, 0) is 11.2 Å². The Hall–Kier alpha value is -3.93. The van der Waals surface area contributed by atoms with Crippen molar-refractivity contribution in [2.75, 3.05) is 19.2 Å². The van der Waals surface area contributed by atoms with Crippen LogP contribution < -0.4 is 19.5 Å². The number of aryl methyl sites for hydroxylation is 1. The molecule has 0 bridgehead atoms. The number of ether oxygens (including phenoxy) is 3. The van der Waals surface area contributed by atoms with E-state index < -0.39 is 0 Å². The molecule has 6 nitrogen and oxygen atoms in total. The Balaban J connectivity index is 1.37. The van der Waals surface area contributed by atoms with Gasteiger partial charge >= 0.3 is 0 Å². The molecule has 0 spiro atoms. The zero-order valence-electron chi connectivity index (χ0n) is 17.1. The summed E-state index contributed by atoms with van der Waals surface area (Å²) in [5, 5.41) is 4.08. The molecule has 0 fully saturated rings. The number of aromatic amines is 1. The van der Waals surface area contributed by atoms with Crippen LogP contribution in [0.3, 0.4) is 0 Å². The normalized spacial score (nSPS) is 12.2. The molecule has 2 heterocycles. The number of methoxy groups -OCH3 is 1. The number of amides is 1. The van der Waals surface area contributed by atoms with Crippen molar-refractivity contribution in [1.29, 1.82) is 0 Å². The second kappa shape index (κ2) is 8.07. The number of para-hydroxylation sites is 1. The van der Waals surface area contributed by atoms with Crippen LogP contribution in [0.2, 0.25) is 0 Å². The van der Waals surface area contributed by atoms with Gasteiger partial charge in [-0.2, -0.15) is 0 Å². The number of fused-ring (bicyclic) bond motifs is 2. The van der Waals surface area contributed by atoms with E-state index in [4.69, 9.17) is 14.2 Å². The van der Waals surface area contributed by atoms with E-state index >= 15 is 0 Å². The van der Waals surface area contributed by atoms with Crippen LogP contribution in [0, 0.1) is 0 Å². The van der Waals surface area contributed by atoms with Crippen molar-refractivity contribution in [2.24, 2.45) is 0 Å². The van der Waals surface area contributed by atoms with E-state index in [9.17, 15) is 4.79 Å². The molecule has 1 amide bonds. The molecule has 0 aliphatic carbocycles. The number of nitrogens with one attached hydrogen (secondary N) is 2. The van der Waals surface area contributed by atoms with Gasteiger partial charge in [-0.25, -0.2) is 0 Å². The fraction of sp³-hybridized carbons (Fsp3) is 0.160. The molecule has 31 heavy (non-hydrogen) atoms. The largest absolute Gasteiger partial charge is 0.497 e. The van der Waals surface area contributed by atoms with Gasteiger partial charge in [-0.05, 0) is 60.0 Å². The molecule has 0 radical (unpaired) electrons. The first-order chi connectivity index (χ1) is 15.2. The van der Waals surface area contributed by atoms with Gasteiger partial charge in [0.05, 0.1) is 7.11 Å². The van der Waals surface area contributed by atoms with Crippen LogP contribution in [0.5, 0.6) is 17.2 Å². The SMILES string of the molecule is COc1ccc(-c2[nH]c3ccccc3c2CCC(=O)Nc2ccc3c(c2)OCO3)cc1. The van der Waals surface area contributed by atoms with Crippen LogP contribution in [0.25, 0.3) is 22.2 Å². The highest BCUT2D eigenvalue weighted by Crippen LogP contribution is 2.35. The lowest BCUT2D eigenvalue weighted by molar-refractivity contribution is -0.116. The summed E-state index contributed by atoms with van der Waals surface area (Å²) >= 11 is 0. The van der Waals surface area contributed by atoms with Gasteiger partial charge in [0.25, 0.3) is 0 Å². The highest BCUT2D eigenvalue weighted by molar-refractivity contribution is 5.94. The van der Waals surface area contributed by atoms with E-state index in [1.54, 1.807) is 19.2 Å². The molecule has 0 saturated carbocycles. The van der Waals surface area contributed by atoms with Crippen molar-refractivity contribution in [1.82, 2.24) is 4.98 Å². The van der Waals surface area contributed by atoms with E-state index in [1.165, 1.54) is 0 Å². The minimum Gasteiger partial charge on any atom is -0.497 e. The van der Waals surface area contributed by atoms with Gasteiger partial charge in [0.15, 0.2) is 11.5 Å². The molecule has 156 valence electrons. The predicted molar refractivity (Wildman–Crippen MR) is 120 cm³/mol. The Morgan fingerprint density at radius 1 is 1.03 bits per heavy atom. The summed E-state index contributed by atoms with van der Waals surface area (Å²) in [4.78, 5) is 16.2. The first-order valence-electron chi connectivity index (χ1n) is 10.1. The zero-order valence-corrected chi connectivity index (χ0v) is 17.1. The number of hydrogen-bond acceptors (Lipinski definition) is 4. The number of benzene rings is 3. The molecular weight excluding hydrogens is 392 g/mol. The summed E-state index contributed by atoms with van der Waals surface area (Å²) < 4.78 is 16.0. The van der Waals surface area contributed by atoms with Crippen molar-refractivity contribution >= 4 is 22.5 Å². The summed E-state index contributed by atoms with van der Waals surface area (Å²) in [6.07, 6.45) is 0.973. The van der Waals surface area contributed by atoms with Crippen molar-refractivity contribution in [3.63, 3.8) is 0 Å². The lowest BCUT2D eigenvalue weighted by atomic mass is 10.0. The van der Waals surface area contributed by atoms with Crippen molar-refractivity contribution < 1.29 is 19.0 Å². The number of hydrogen-bond donors (Lipinski definition) is 2. The smallest absolute Gasteiger partial charge is 0.231 e. The van der Waals surface area contributed by atoms with E-state index in [1.807, 2.05) is 42.5 Å². The highest BCUT2D eigenvalue weighted by Gasteiger charge is 2.16. The molecule has 2 N–H and O–H groups in total. The quantitative estimate of drug-likeness (QED) is 0.458. The number of aromatic nitrogens is 1. The zero-order chi connectivity index (χ0) is 21.2. The first-order valence-corrected chi connectivity index (χ1v) is 10.1. The topological polar surface area (TPSA) is 72.6 Å². The fourth-order valence-corrected chi connectivity index (χ4v) is 3.90. The van der Waals surface area contributed by atoms with Gasteiger partial charge in [-0.3, -0.25) is 4.79 Å². The Morgan fingerprint density at radius 2 is 1.84 bits per heavy atom. The summed E-state index contributed by atoms with van der Waals surface area (Å²) in [6, 6.07) is 21.5. The Labute approximate surface area is 179 Å². The molecule has 4 aromatic rings. The monoisotopic (exact) mass is 414 g/mol. The Bertz CT molecular complexity index is 1240. The summed E-state index contributed by atoms with van der Waals surface area (Å²) in [7, 11) is 1.65. The molecule has 1 aromatic heterocycles. The third-order valence-electron chi connectivity index (χ3n) is 5.45. The van der Waals surface area contributed by atoms with Gasteiger partial charge in [0.1, 0.15) is 5.75 Å². The number of H-pyrrole nitrogens is 1. The molecular formula is C25H22N2O4. The standard InChI is InChI=1S/C25H22N2O4/c1-29-18-9-6-16(7-10-18)25-20(19-4-2-3-5-21(19)27-25)11-13-24(28)26-17-8-12-22-23(14-17)31-15-30-22/h2-10,12,14,27H,11,13,15H2,1H3,(H,26,28). The highest BCUT2D eigenvalue weighted by atomic mass is 16.7. The van der Waals surface area contributed by atoms with Gasteiger partial charge in [0.2, 0.25) is 12.7 Å². The van der Waals surface area contributed by atoms with Gasteiger partial charge in [-0.1, -0.05) is 18.2 Å². The van der Waals surface area contributed by atoms with E-state index in [2.05, 4.69) is 22.4 Å². The van der Waals surface area contributed by atoms with Crippen LogP contribution in [0.4, 0.5) is 5.69 Å². The molecule has 3 aromatic carbocycles. The second-order valence-electron chi connectivity index (χ2n) is 7.37. The minimum absolute atomic E-state index is 0.0511. The lowest BCUT2D eigenvalue weighted by Crippen LogP contribution is -2.12. The summed E-state index contributed by atoms with van der Waals surface area (Å²) in [5.74, 6) is 2.10. The molecule has 0 unspecified atom stereocenters. The summed E-state index contributed by atoms with van der Waals surface area (Å²) in [6.45, 7) is 0.210. The minimum atomic E-state index is -0.0511. The Morgan fingerprint density at radius 3 is 2.68 bits per heavy atom. The fourth-order valence-electron chi connectivity index (χ4n) is 3.90. The van der Waals surface area contributed by atoms with E-state index in [-0.39, 0.29) is 12.7 Å². The average Bonchev–Trinajstić information content (AvgIpc) is 3.42. The third-order valence-corrected chi connectivity index (χ3v) is 5.45. The Kier molecular flexibility index (Phi) is 4.96. The molecule has 0 atom stereocenters. The van der Waals surface area contributed by atoms with Crippen LogP contribution >= 0.6 is 0 Å². The van der Waals surface area contributed by atoms with Gasteiger partial charge in [-0.15, -0.1) is 0 Å². The third kappa shape index (κ3) is 3.80. The molecule has 1 aliphatic heterocycles. The second-order valence-corrected chi connectivity index (χ2v) is 7.37. The van der Waals surface area contributed by atoms with Crippen LogP contribution in [-0.4, -0.2) is 24.8 Å². The molecule has 1 aliphatic rings. The van der Waals surface area contributed by atoms with Crippen LogP contribution in [0.1, 0.15) is 12.0 Å². The maximum absolute atomic E-state index is 12.7. The van der Waals surface area contributed by atoms with E-state index in [0.717, 1.165) is 33.5 Å². The maximum Gasteiger partial charge on any atom is 0.231 e. The molecule has 5 rings (SSSR count). The summed E-state index contributed by atoms with van der Waals surface area (Å²) in [5.41, 5.74) is 4.97. The van der Waals surface area contributed by atoms with Crippen molar-refractivity contribution in [2.45, 2.75) is 12.8 Å². The maximum atomic E-state index is 12.7. The molecule has 6 heteroatoms. The number of rotatable bonds is 6. The van der Waals surface area contributed by atoms with Crippen molar-refractivity contribution in [3.05, 3.63) is 72.3 Å². The lowest BCUT2D eigenvalue weighted by Gasteiger charge is -2.08. The van der Waals surface area contributed by atoms with Gasteiger partial charge in [0, 0.05) is 34.8 Å². The predicted octanol–water partition coefficient (Wildman–Crippen LogP) is 5.14. The van der Waals surface area contributed by atoms with Gasteiger partial charge < -0.3 is 24.5 Å². The van der Waals surface area contributed by atoms with Crippen LogP contribution in [0.15, 0.2) is 66.7 Å². The number of carbonyl (C=O) groups excluding carboxylic acids is 1. The number of carbonyl (C=O) groups is 1. The first kappa shape index (κ1) is 19.1. The van der Waals surface area contributed by atoms with E-state index in [0.29, 0.717) is 30.0 Å². The van der Waals surface area contributed by atoms with Crippen molar-refractivity contribution in [3.8, 4) is 28.5 Å². The molecule has 0 saturated heterocycles. The average molecular weight is 414 g/mol.